The van der Waals surface area contributed by atoms with Crippen molar-refractivity contribution in [1.29, 1.82) is 0 Å². The maximum Gasteiger partial charge on any atom is 0.335 e. The minimum Gasteiger partial charge on any atom is -0.478 e. The Kier molecular flexibility index (Phi) is 3.02. The summed E-state index contributed by atoms with van der Waals surface area (Å²) in [5, 5.41) is 9.98. The van der Waals surface area contributed by atoms with Crippen LogP contribution in [0.4, 0.5) is 5.95 Å². The van der Waals surface area contributed by atoms with Crippen molar-refractivity contribution in [3.05, 3.63) is 53.7 Å². The summed E-state index contributed by atoms with van der Waals surface area (Å²) < 4.78 is 0. The van der Waals surface area contributed by atoms with Gasteiger partial charge < -0.3 is 10.8 Å². The lowest BCUT2D eigenvalue weighted by atomic mass is 9.97. The van der Waals surface area contributed by atoms with Gasteiger partial charge in [-0.3, -0.25) is 0 Å². The Morgan fingerprint density at radius 3 is 2.76 bits per heavy atom. The number of nitrogens with zero attached hydrogens (tertiary/aromatic N) is 2. The monoisotopic (exact) mass is 279 g/mol. The lowest BCUT2D eigenvalue weighted by Gasteiger charge is -2.08. The van der Waals surface area contributed by atoms with Crippen molar-refractivity contribution >= 4 is 22.8 Å². The maximum atomic E-state index is 11.1. The zero-order valence-electron chi connectivity index (χ0n) is 11.4. The second kappa shape index (κ2) is 4.86. The number of carboxylic acid groups (broad SMARTS) is 1. The van der Waals surface area contributed by atoms with Crippen molar-refractivity contribution in [2.24, 2.45) is 0 Å². The first-order valence-electron chi connectivity index (χ1n) is 6.41. The third-order valence-electron chi connectivity index (χ3n) is 3.39. The highest BCUT2D eigenvalue weighted by atomic mass is 16.4. The Labute approximate surface area is 121 Å². The second-order valence-corrected chi connectivity index (χ2v) is 4.84. The summed E-state index contributed by atoms with van der Waals surface area (Å²) in [6.07, 6.45) is 1.66. The number of aromatic nitrogens is 2. The highest BCUT2D eigenvalue weighted by Crippen LogP contribution is 2.27. The van der Waals surface area contributed by atoms with Gasteiger partial charge in [0.15, 0.2) is 0 Å². The molecular weight excluding hydrogens is 266 g/mol. The Hall–Kier alpha value is -2.95. The zero-order chi connectivity index (χ0) is 15.0. The SMILES string of the molecule is Cc1ccc(C(=O)O)cc1-c1ccc2nc(N)ncc2c1. The molecule has 0 fully saturated rings. The Bertz CT molecular complexity index is 859. The Morgan fingerprint density at radius 2 is 2.00 bits per heavy atom. The van der Waals surface area contributed by atoms with Crippen molar-refractivity contribution in [3.63, 3.8) is 0 Å². The molecule has 3 aromatic rings. The molecule has 104 valence electrons. The standard InChI is InChI=1S/C16H13N3O2/c1-9-2-3-11(15(20)21)7-13(9)10-4-5-14-12(6-10)8-18-16(17)19-14/h2-8H,1H3,(H,20,21)(H2,17,18,19). The molecule has 0 radical (unpaired) electrons. The summed E-state index contributed by atoms with van der Waals surface area (Å²) in [5.41, 5.74) is 9.41. The van der Waals surface area contributed by atoms with Gasteiger partial charge in [0.1, 0.15) is 0 Å². The molecule has 1 heterocycles. The number of anilines is 1. The van der Waals surface area contributed by atoms with Gasteiger partial charge in [-0.15, -0.1) is 0 Å². The van der Waals surface area contributed by atoms with Gasteiger partial charge in [0.05, 0.1) is 11.1 Å². The molecule has 0 saturated carbocycles. The number of rotatable bonds is 2. The van der Waals surface area contributed by atoms with Crippen molar-refractivity contribution in [1.82, 2.24) is 9.97 Å². The van der Waals surface area contributed by atoms with Crippen molar-refractivity contribution in [2.45, 2.75) is 6.92 Å². The van der Waals surface area contributed by atoms with Crippen LogP contribution < -0.4 is 5.73 Å². The summed E-state index contributed by atoms with van der Waals surface area (Å²) in [5.74, 6) is -0.701. The van der Waals surface area contributed by atoms with Gasteiger partial charge in [-0.2, -0.15) is 0 Å². The van der Waals surface area contributed by atoms with Crippen LogP contribution in [0.5, 0.6) is 0 Å². The number of carboxylic acids is 1. The fraction of sp³-hybridized carbons (Fsp3) is 0.0625. The molecule has 0 saturated heterocycles. The van der Waals surface area contributed by atoms with E-state index in [0.717, 1.165) is 27.6 Å². The van der Waals surface area contributed by atoms with E-state index >= 15 is 0 Å². The molecule has 0 bridgehead atoms. The molecule has 0 aliphatic rings. The lowest BCUT2D eigenvalue weighted by Crippen LogP contribution is -1.97. The van der Waals surface area contributed by atoms with E-state index in [1.165, 1.54) is 0 Å². The van der Waals surface area contributed by atoms with Crippen LogP contribution in [-0.4, -0.2) is 21.0 Å². The zero-order valence-corrected chi connectivity index (χ0v) is 11.4. The fourth-order valence-electron chi connectivity index (χ4n) is 2.28. The molecule has 3 N–H and O–H groups in total. The van der Waals surface area contributed by atoms with Gasteiger partial charge in [-0.1, -0.05) is 12.1 Å². The van der Waals surface area contributed by atoms with Gasteiger partial charge >= 0.3 is 5.97 Å². The molecule has 0 aliphatic heterocycles. The molecule has 2 aromatic carbocycles. The van der Waals surface area contributed by atoms with E-state index in [2.05, 4.69) is 9.97 Å². The average molecular weight is 279 g/mol. The van der Waals surface area contributed by atoms with Gasteiger partial charge in [0, 0.05) is 11.6 Å². The third kappa shape index (κ3) is 2.41. The van der Waals surface area contributed by atoms with E-state index in [4.69, 9.17) is 10.8 Å². The Balaban J connectivity index is 2.18. The molecule has 5 heteroatoms. The summed E-state index contributed by atoms with van der Waals surface area (Å²) >= 11 is 0. The van der Waals surface area contributed by atoms with Crippen LogP contribution in [0.15, 0.2) is 42.6 Å². The smallest absolute Gasteiger partial charge is 0.335 e. The molecule has 1 aromatic heterocycles. The molecule has 5 nitrogen and oxygen atoms in total. The van der Waals surface area contributed by atoms with Crippen LogP contribution in [0.3, 0.4) is 0 Å². The van der Waals surface area contributed by atoms with Crippen LogP contribution in [-0.2, 0) is 0 Å². The predicted octanol–water partition coefficient (Wildman–Crippen LogP) is 2.89. The van der Waals surface area contributed by atoms with E-state index in [0.29, 0.717) is 0 Å². The molecule has 0 aliphatic carbocycles. The molecule has 0 unspecified atom stereocenters. The number of carbonyl (C=O) groups is 1. The molecule has 3 rings (SSSR count). The summed E-state index contributed by atoms with van der Waals surface area (Å²) in [6.45, 7) is 1.95. The summed E-state index contributed by atoms with van der Waals surface area (Å²) in [6, 6.07) is 10.8. The third-order valence-corrected chi connectivity index (χ3v) is 3.39. The number of nitrogens with two attached hydrogens (primary N) is 1. The summed E-state index contributed by atoms with van der Waals surface area (Å²) in [4.78, 5) is 19.2. The molecule has 0 spiro atoms. The molecule has 0 atom stereocenters. The minimum atomic E-state index is -0.937. The lowest BCUT2D eigenvalue weighted by molar-refractivity contribution is 0.0697. The minimum absolute atomic E-state index is 0.235. The van der Waals surface area contributed by atoms with Crippen molar-refractivity contribution < 1.29 is 9.90 Å². The van der Waals surface area contributed by atoms with Crippen LogP contribution in [0.25, 0.3) is 22.0 Å². The summed E-state index contributed by atoms with van der Waals surface area (Å²) in [7, 11) is 0. The van der Waals surface area contributed by atoms with E-state index in [9.17, 15) is 4.79 Å². The quantitative estimate of drug-likeness (QED) is 0.753. The van der Waals surface area contributed by atoms with Crippen LogP contribution in [0, 0.1) is 6.92 Å². The number of fused-ring (bicyclic) bond motifs is 1. The van der Waals surface area contributed by atoms with Crippen molar-refractivity contribution in [3.8, 4) is 11.1 Å². The molecule has 21 heavy (non-hydrogen) atoms. The second-order valence-electron chi connectivity index (χ2n) is 4.84. The number of aromatic carboxylic acids is 1. The van der Waals surface area contributed by atoms with E-state index in [-0.39, 0.29) is 11.5 Å². The molecule has 0 amide bonds. The van der Waals surface area contributed by atoms with Gasteiger partial charge in [-0.25, -0.2) is 14.8 Å². The van der Waals surface area contributed by atoms with Crippen LogP contribution >= 0.6 is 0 Å². The number of hydrogen-bond donors (Lipinski definition) is 2. The topological polar surface area (TPSA) is 89.1 Å². The predicted molar refractivity (Wildman–Crippen MR) is 81.1 cm³/mol. The van der Waals surface area contributed by atoms with Crippen LogP contribution in [0.2, 0.25) is 0 Å². The number of nitrogen functional groups attached to an aromatic ring is 1. The first-order valence-corrected chi connectivity index (χ1v) is 6.41. The normalized spacial score (nSPS) is 10.7. The van der Waals surface area contributed by atoms with E-state index in [1.54, 1.807) is 18.3 Å². The van der Waals surface area contributed by atoms with E-state index in [1.807, 2.05) is 31.2 Å². The largest absolute Gasteiger partial charge is 0.478 e. The highest BCUT2D eigenvalue weighted by molar-refractivity contribution is 5.91. The Morgan fingerprint density at radius 1 is 1.19 bits per heavy atom. The first kappa shape index (κ1) is 13.1. The first-order chi connectivity index (χ1) is 10.0. The number of hydrogen-bond acceptors (Lipinski definition) is 4. The highest BCUT2D eigenvalue weighted by Gasteiger charge is 2.09. The average Bonchev–Trinajstić information content (AvgIpc) is 2.47. The maximum absolute atomic E-state index is 11.1. The van der Waals surface area contributed by atoms with Gasteiger partial charge in [0.2, 0.25) is 5.95 Å². The van der Waals surface area contributed by atoms with Crippen molar-refractivity contribution in [2.75, 3.05) is 5.73 Å². The fourth-order valence-corrected chi connectivity index (χ4v) is 2.28. The number of benzene rings is 2. The number of aryl methyl sites for hydroxylation is 1. The molecular formula is C16H13N3O2. The van der Waals surface area contributed by atoms with E-state index < -0.39 is 5.97 Å². The van der Waals surface area contributed by atoms with Gasteiger partial charge in [-0.05, 0) is 47.9 Å². The van der Waals surface area contributed by atoms with Crippen LogP contribution in [0.1, 0.15) is 15.9 Å². The van der Waals surface area contributed by atoms with Gasteiger partial charge in [0.25, 0.3) is 0 Å².